The summed E-state index contributed by atoms with van der Waals surface area (Å²) in [6.45, 7) is 2.00. The number of rotatable bonds is 5. The van der Waals surface area contributed by atoms with Crippen LogP contribution in [0, 0.1) is 6.92 Å². The van der Waals surface area contributed by atoms with Crippen molar-refractivity contribution in [3.05, 3.63) is 78.4 Å². The van der Waals surface area contributed by atoms with E-state index < -0.39 is 11.4 Å². The van der Waals surface area contributed by atoms with Crippen LogP contribution in [0.2, 0.25) is 0 Å². The fourth-order valence-electron chi connectivity index (χ4n) is 2.49. The molecule has 1 aromatic heterocycles. The van der Waals surface area contributed by atoms with Crippen LogP contribution in [-0.2, 0) is 17.9 Å². The Morgan fingerprint density at radius 1 is 1.04 bits per heavy atom. The summed E-state index contributed by atoms with van der Waals surface area (Å²) in [5.41, 5.74) is 2.48. The Hall–Kier alpha value is -2.47. The molecule has 6 heteroatoms. The number of aromatic nitrogens is 2. The molecule has 0 bridgehead atoms. The van der Waals surface area contributed by atoms with E-state index in [4.69, 9.17) is 0 Å². The molecular weight excluding hydrogens is 313 g/mol. The number of aryl methyl sites for hydroxylation is 1. The van der Waals surface area contributed by atoms with Crippen molar-refractivity contribution in [2.75, 3.05) is 4.90 Å². The molecular formula is C17H16FN3OS. The lowest BCUT2D eigenvalue weighted by Gasteiger charge is -2.25. The van der Waals surface area contributed by atoms with E-state index in [-0.39, 0.29) is 0 Å². The van der Waals surface area contributed by atoms with Gasteiger partial charge in [-0.15, -0.1) is 3.89 Å². The van der Waals surface area contributed by atoms with Gasteiger partial charge in [-0.2, -0.15) is 4.21 Å². The highest BCUT2D eigenvalue weighted by Crippen LogP contribution is 2.27. The maximum Gasteiger partial charge on any atom is 0.309 e. The van der Waals surface area contributed by atoms with E-state index in [1.165, 1.54) is 0 Å². The second-order valence-corrected chi connectivity index (χ2v) is 5.83. The Morgan fingerprint density at radius 3 is 2.04 bits per heavy atom. The van der Waals surface area contributed by atoms with Gasteiger partial charge in [0, 0.05) is 11.4 Å². The number of anilines is 2. The Balaban J connectivity index is 2.02. The van der Waals surface area contributed by atoms with Crippen LogP contribution < -0.4 is 4.90 Å². The third kappa shape index (κ3) is 3.32. The molecule has 23 heavy (non-hydrogen) atoms. The van der Waals surface area contributed by atoms with Crippen molar-refractivity contribution in [3.8, 4) is 0 Å². The monoisotopic (exact) mass is 329 g/mol. The summed E-state index contributed by atoms with van der Waals surface area (Å²) in [6.07, 6.45) is 1.56. The largest absolute Gasteiger partial charge is 0.335 e. The van der Waals surface area contributed by atoms with Gasteiger partial charge in [-0.25, -0.2) is 8.96 Å². The van der Waals surface area contributed by atoms with E-state index >= 15 is 0 Å². The van der Waals surface area contributed by atoms with Crippen molar-refractivity contribution >= 4 is 22.7 Å². The van der Waals surface area contributed by atoms with Gasteiger partial charge in [0.2, 0.25) is 0 Å². The summed E-state index contributed by atoms with van der Waals surface area (Å²) in [4.78, 5) is 6.11. The second kappa shape index (κ2) is 6.75. The lowest BCUT2D eigenvalue weighted by atomic mass is 10.2. The highest BCUT2D eigenvalue weighted by atomic mass is 32.2. The Labute approximate surface area is 137 Å². The van der Waals surface area contributed by atoms with Crippen molar-refractivity contribution in [1.29, 1.82) is 0 Å². The van der Waals surface area contributed by atoms with Gasteiger partial charge in [-0.1, -0.05) is 36.4 Å². The summed E-state index contributed by atoms with van der Waals surface area (Å²) in [7, 11) is 0. The van der Waals surface area contributed by atoms with Crippen LogP contribution in [0.1, 0.15) is 11.5 Å². The quantitative estimate of drug-likeness (QED) is 0.666. The molecule has 3 rings (SSSR count). The zero-order chi connectivity index (χ0) is 16.2. The fourth-order valence-corrected chi connectivity index (χ4v) is 3.04. The number of nitrogens with zero attached hydrogens (tertiary/aromatic N) is 3. The third-order valence-electron chi connectivity index (χ3n) is 3.55. The molecule has 0 saturated heterocycles. The number of hydrogen-bond donors (Lipinski definition) is 0. The SMILES string of the molecule is Cc1ncc(CN(c2ccccc2)c2ccccc2)n1S(=O)F. The second-order valence-electron chi connectivity index (χ2n) is 5.05. The molecule has 0 aliphatic heterocycles. The molecule has 1 atom stereocenters. The molecule has 2 aromatic carbocycles. The highest BCUT2D eigenvalue weighted by molar-refractivity contribution is 7.78. The zero-order valence-corrected chi connectivity index (χ0v) is 13.4. The maximum atomic E-state index is 13.4. The van der Waals surface area contributed by atoms with E-state index in [0.29, 0.717) is 18.1 Å². The minimum Gasteiger partial charge on any atom is -0.335 e. The zero-order valence-electron chi connectivity index (χ0n) is 12.6. The van der Waals surface area contributed by atoms with Gasteiger partial charge in [0.05, 0.1) is 18.4 Å². The molecule has 1 heterocycles. The average Bonchev–Trinajstić information content (AvgIpc) is 2.95. The highest BCUT2D eigenvalue weighted by Gasteiger charge is 2.17. The smallest absolute Gasteiger partial charge is 0.309 e. The van der Waals surface area contributed by atoms with Crippen LogP contribution in [0.3, 0.4) is 0 Å². The van der Waals surface area contributed by atoms with E-state index in [2.05, 4.69) is 4.98 Å². The number of hydrogen-bond acceptors (Lipinski definition) is 3. The molecule has 0 saturated carbocycles. The standard InChI is InChI=1S/C17H16FN3OS/c1-14-19-12-17(21(14)23(18)22)13-20(15-8-4-2-5-9-15)16-10-6-3-7-11-16/h2-12H,13H2,1H3. The van der Waals surface area contributed by atoms with Gasteiger partial charge >= 0.3 is 11.4 Å². The first kappa shape index (κ1) is 15.4. The average molecular weight is 329 g/mol. The van der Waals surface area contributed by atoms with Gasteiger partial charge < -0.3 is 4.90 Å². The Kier molecular flexibility index (Phi) is 4.52. The van der Waals surface area contributed by atoms with E-state index in [1.807, 2.05) is 65.6 Å². The molecule has 1 unspecified atom stereocenters. The first-order chi connectivity index (χ1) is 11.2. The van der Waals surface area contributed by atoms with Crippen LogP contribution >= 0.6 is 0 Å². The lowest BCUT2D eigenvalue weighted by Crippen LogP contribution is -2.19. The summed E-state index contributed by atoms with van der Waals surface area (Å²) in [5.74, 6) is 0.391. The molecule has 0 amide bonds. The number of para-hydroxylation sites is 2. The minimum absolute atomic E-state index is 0.366. The normalized spacial score (nSPS) is 12.1. The van der Waals surface area contributed by atoms with Crippen LogP contribution in [0.25, 0.3) is 0 Å². The van der Waals surface area contributed by atoms with Crippen LogP contribution in [0.4, 0.5) is 15.3 Å². The third-order valence-corrected chi connectivity index (χ3v) is 4.34. The van der Waals surface area contributed by atoms with Gasteiger partial charge in [-0.05, 0) is 31.2 Å². The maximum absolute atomic E-state index is 13.4. The summed E-state index contributed by atoms with van der Waals surface area (Å²) >= 11 is -2.62. The fraction of sp³-hybridized carbons (Fsp3) is 0.118. The van der Waals surface area contributed by atoms with Gasteiger partial charge in [0.1, 0.15) is 5.82 Å². The molecule has 0 radical (unpaired) electrons. The number of imidazole rings is 1. The number of benzene rings is 2. The van der Waals surface area contributed by atoms with E-state index in [9.17, 15) is 8.09 Å². The van der Waals surface area contributed by atoms with Gasteiger partial charge in [-0.3, -0.25) is 0 Å². The topological polar surface area (TPSA) is 38.1 Å². The summed E-state index contributed by atoms with van der Waals surface area (Å²) < 4.78 is 25.9. The van der Waals surface area contributed by atoms with Gasteiger partial charge in [0.15, 0.2) is 0 Å². The van der Waals surface area contributed by atoms with Crippen LogP contribution in [0.5, 0.6) is 0 Å². The Bertz CT molecular complexity index is 766. The van der Waals surface area contributed by atoms with Crippen molar-refractivity contribution < 1.29 is 8.09 Å². The minimum atomic E-state index is -2.62. The van der Waals surface area contributed by atoms with Crippen molar-refractivity contribution in [1.82, 2.24) is 8.96 Å². The molecule has 4 nitrogen and oxygen atoms in total. The van der Waals surface area contributed by atoms with E-state index in [0.717, 1.165) is 15.3 Å². The van der Waals surface area contributed by atoms with Crippen molar-refractivity contribution in [2.45, 2.75) is 13.5 Å². The predicted molar refractivity (Wildman–Crippen MR) is 90.3 cm³/mol. The van der Waals surface area contributed by atoms with E-state index in [1.54, 1.807) is 13.1 Å². The lowest BCUT2D eigenvalue weighted by molar-refractivity contribution is 0.635. The molecule has 0 aliphatic rings. The van der Waals surface area contributed by atoms with Crippen molar-refractivity contribution in [2.24, 2.45) is 0 Å². The van der Waals surface area contributed by atoms with Gasteiger partial charge in [0.25, 0.3) is 0 Å². The molecule has 118 valence electrons. The summed E-state index contributed by atoms with van der Waals surface area (Å²) in [6, 6.07) is 19.6. The molecule has 3 aromatic rings. The van der Waals surface area contributed by atoms with Crippen molar-refractivity contribution in [3.63, 3.8) is 0 Å². The number of halogens is 1. The Morgan fingerprint density at radius 2 is 1.57 bits per heavy atom. The first-order valence-corrected chi connectivity index (χ1v) is 8.17. The molecule has 0 aliphatic carbocycles. The summed E-state index contributed by atoms with van der Waals surface area (Å²) in [5, 5.41) is 0. The molecule has 0 spiro atoms. The van der Waals surface area contributed by atoms with Crippen LogP contribution in [-0.4, -0.2) is 13.2 Å². The predicted octanol–water partition coefficient (Wildman–Crippen LogP) is 3.93. The first-order valence-electron chi connectivity index (χ1n) is 7.16. The van der Waals surface area contributed by atoms with Crippen LogP contribution in [0.15, 0.2) is 66.9 Å². The molecule has 0 fully saturated rings. The molecule has 0 N–H and O–H groups in total.